The summed E-state index contributed by atoms with van der Waals surface area (Å²) in [4.78, 5) is 11.8. The van der Waals surface area contributed by atoms with Crippen LogP contribution in [0.1, 0.15) is 18.4 Å². The van der Waals surface area contributed by atoms with E-state index in [1.54, 1.807) is 0 Å². The Morgan fingerprint density at radius 3 is 2.68 bits per heavy atom. The highest BCUT2D eigenvalue weighted by molar-refractivity contribution is 5.83. The molecule has 0 atom stereocenters. The fourth-order valence-electron chi connectivity index (χ4n) is 3.20. The van der Waals surface area contributed by atoms with Gasteiger partial charge >= 0.3 is 0 Å². The van der Waals surface area contributed by atoms with Crippen molar-refractivity contribution in [2.24, 2.45) is 0 Å². The predicted molar refractivity (Wildman–Crippen MR) is 91.2 cm³/mol. The minimum atomic E-state index is 1.04. The third-order valence-electron chi connectivity index (χ3n) is 4.36. The normalized spacial score (nSPS) is 14.7. The second-order valence-corrected chi connectivity index (χ2v) is 5.94. The van der Waals surface area contributed by atoms with Gasteiger partial charge in [0, 0.05) is 30.2 Å². The van der Waals surface area contributed by atoms with Crippen LogP contribution in [0.3, 0.4) is 0 Å². The van der Waals surface area contributed by atoms with Crippen molar-refractivity contribution < 1.29 is 0 Å². The van der Waals surface area contributed by atoms with Crippen LogP contribution in [0, 0.1) is 6.92 Å². The van der Waals surface area contributed by atoms with E-state index < -0.39 is 0 Å². The molecule has 4 rings (SSSR count). The lowest BCUT2D eigenvalue weighted by Crippen LogP contribution is -2.18. The lowest BCUT2D eigenvalue weighted by atomic mass is 10.1. The van der Waals surface area contributed by atoms with Crippen LogP contribution in [-0.4, -0.2) is 23.1 Å². The van der Waals surface area contributed by atoms with E-state index in [1.807, 2.05) is 12.3 Å². The summed E-state index contributed by atoms with van der Waals surface area (Å²) in [6, 6.07) is 14.7. The summed E-state index contributed by atoms with van der Waals surface area (Å²) in [5.41, 5.74) is 4.46. The highest BCUT2D eigenvalue weighted by Gasteiger charge is 2.15. The minimum absolute atomic E-state index is 1.04. The Balaban J connectivity index is 1.81. The van der Waals surface area contributed by atoms with E-state index in [0.29, 0.717) is 0 Å². The number of anilines is 1. The van der Waals surface area contributed by atoms with Crippen LogP contribution in [0.15, 0.2) is 48.7 Å². The molecule has 110 valence electrons. The van der Waals surface area contributed by atoms with Crippen molar-refractivity contribution in [3.05, 3.63) is 54.2 Å². The molecule has 3 nitrogen and oxygen atoms in total. The average Bonchev–Trinajstić information content (AvgIpc) is 3.09. The summed E-state index contributed by atoms with van der Waals surface area (Å²) < 4.78 is 0. The van der Waals surface area contributed by atoms with Crippen LogP contribution in [0.5, 0.6) is 0 Å². The number of rotatable bonds is 2. The molecule has 3 heteroatoms. The molecule has 22 heavy (non-hydrogen) atoms. The molecule has 2 aromatic heterocycles. The average molecular weight is 289 g/mol. The molecule has 0 spiro atoms. The molecule has 0 saturated carbocycles. The van der Waals surface area contributed by atoms with E-state index in [2.05, 4.69) is 53.2 Å². The van der Waals surface area contributed by atoms with Crippen molar-refractivity contribution in [2.75, 3.05) is 18.0 Å². The van der Waals surface area contributed by atoms with Gasteiger partial charge in [0.2, 0.25) is 0 Å². The Bertz CT molecular complexity index is 820. The minimum Gasteiger partial charge on any atom is -0.357 e. The van der Waals surface area contributed by atoms with Crippen molar-refractivity contribution in [3.8, 4) is 11.3 Å². The largest absolute Gasteiger partial charge is 0.357 e. The molecule has 1 aliphatic heterocycles. The molecule has 1 aromatic carbocycles. The number of aromatic nitrogens is 2. The molecule has 0 radical (unpaired) electrons. The van der Waals surface area contributed by atoms with E-state index in [9.17, 15) is 0 Å². The molecule has 0 bridgehead atoms. The van der Waals surface area contributed by atoms with Crippen LogP contribution < -0.4 is 4.90 Å². The van der Waals surface area contributed by atoms with Gasteiger partial charge in [0.1, 0.15) is 5.82 Å². The molecule has 1 aliphatic rings. The van der Waals surface area contributed by atoms with Gasteiger partial charge in [-0.2, -0.15) is 0 Å². The Hall–Kier alpha value is -2.42. The Kier molecular flexibility index (Phi) is 3.26. The fourth-order valence-corrected chi connectivity index (χ4v) is 3.20. The number of nitrogens with zero attached hydrogens (tertiary/aromatic N) is 3. The summed E-state index contributed by atoms with van der Waals surface area (Å²) in [7, 11) is 0. The van der Waals surface area contributed by atoms with Gasteiger partial charge in [-0.15, -0.1) is 0 Å². The third kappa shape index (κ3) is 2.33. The van der Waals surface area contributed by atoms with Gasteiger partial charge in [-0.1, -0.05) is 18.2 Å². The molecule has 0 unspecified atom stereocenters. The highest BCUT2D eigenvalue weighted by atomic mass is 15.2. The van der Waals surface area contributed by atoms with Crippen molar-refractivity contribution in [1.82, 2.24) is 9.97 Å². The SMILES string of the molecule is Cc1cc2ccccc2nc1-c1ccnc(N2CCCC2)c1. The standard InChI is InChI=1S/C19H19N3/c1-14-12-15-6-2-3-7-17(15)21-19(14)16-8-9-20-18(13-16)22-10-4-5-11-22/h2-3,6-9,12-13H,4-5,10-11H2,1H3. The second-order valence-electron chi connectivity index (χ2n) is 5.94. The molecule has 0 aliphatic carbocycles. The number of aryl methyl sites for hydroxylation is 1. The second kappa shape index (κ2) is 5.41. The zero-order valence-corrected chi connectivity index (χ0v) is 12.8. The number of fused-ring (bicyclic) bond motifs is 1. The quantitative estimate of drug-likeness (QED) is 0.708. The van der Waals surface area contributed by atoms with Crippen LogP contribution >= 0.6 is 0 Å². The van der Waals surface area contributed by atoms with Crippen LogP contribution in [0.4, 0.5) is 5.82 Å². The van der Waals surface area contributed by atoms with Gasteiger partial charge in [-0.3, -0.25) is 0 Å². The summed E-state index contributed by atoms with van der Waals surface area (Å²) >= 11 is 0. The number of hydrogen-bond donors (Lipinski definition) is 0. The van der Waals surface area contributed by atoms with Gasteiger partial charge in [-0.05, 0) is 49.6 Å². The maximum atomic E-state index is 4.87. The number of pyridine rings is 2. The topological polar surface area (TPSA) is 29.0 Å². The third-order valence-corrected chi connectivity index (χ3v) is 4.36. The van der Waals surface area contributed by atoms with Gasteiger partial charge in [0.15, 0.2) is 0 Å². The Labute approximate surface area is 130 Å². The van der Waals surface area contributed by atoms with Crippen molar-refractivity contribution in [3.63, 3.8) is 0 Å². The first-order valence-electron chi connectivity index (χ1n) is 7.89. The Morgan fingerprint density at radius 1 is 1.00 bits per heavy atom. The number of para-hydroxylation sites is 1. The lowest BCUT2D eigenvalue weighted by Gasteiger charge is -2.17. The summed E-state index contributed by atoms with van der Waals surface area (Å²) in [6.07, 6.45) is 4.43. The van der Waals surface area contributed by atoms with Crippen LogP contribution in [-0.2, 0) is 0 Å². The molecule has 1 fully saturated rings. The summed E-state index contributed by atoms with van der Waals surface area (Å²) in [6.45, 7) is 4.35. The number of benzene rings is 1. The molecule has 3 heterocycles. The van der Waals surface area contributed by atoms with E-state index in [-0.39, 0.29) is 0 Å². The zero-order valence-electron chi connectivity index (χ0n) is 12.8. The van der Waals surface area contributed by atoms with Crippen molar-refractivity contribution in [2.45, 2.75) is 19.8 Å². The van der Waals surface area contributed by atoms with E-state index in [0.717, 1.165) is 35.7 Å². The first kappa shape index (κ1) is 13.3. The molecule has 0 N–H and O–H groups in total. The molecule has 0 amide bonds. The van der Waals surface area contributed by atoms with Crippen molar-refractivity contribution >= 4 is 16.7 Å². The monoisotopic (exact) mass is 289 g/mol. The van der Waals surface area contributed by atoms with E-state index in [4.69, 9.17) is 4.98 Å². The number of hydrogen-bond acceptors (Lipinski definition) is 3. The van der Waals surface area contributed by atoms with Gasteiger partial charge < -0.3 is 4.90 Å². The Morgan fingerprint density at radius 2 is 1.82 bits per heavy atom. The first-order chi connectivity index (χ1) is 10.8. The zero-order chi connectivity index (χ0) is 14.9. The highest BCUT2D eigenvalue weighted by Crippen LogP contribution is 2.28. The van der Waals surface area contributed by atoms with Gasteiger partial charge in [0.25, 0.3) is 0 Å². The predicted octanol–water partition coefficient (Wildman–Crippen LogP) is 4.21. The van der Waals surface area contributed by atoms with Gasteiger partial charge in [0.05, 0.1) is 11.2 Å². The summed E-state index contributed by atoms with van der Waals surface area (Å²) in [5, 5.41) is 1.19. The molecular formula is C19H19N3. The molecular weight excluding hydrogens is 270 g/mol. The first-order valence-corrected chi connectivity index (χ1v) is 7.89. The van der Waals surface area contributed by atoms with Crippen LogP contribution in [0.2, 0.25) is 0 Å². The van der Waals surface area contributed by atoms with Crippen LogP contribution in [0.25, 0.3) is 22.2 Å². The molecule has 3 aromatic rings. The molecule has 1 saturated heterocycles. The fraction of sp³-hybridized carbons (Fsp3) is 0.263. The maximum Gasteiger partial charge on any atom is 0.129 e. The van der Waals surface area contributed by atoms with E-state index >= 15 is 0 Å². The van der Waals surface area contributed by atoms with Gasteiger partial charge in [-0.25, -0.2) is 9.97 Å². The maximum absolute atomic E-state index is 4.87. The lowest BCUT2D eigenvalue weighted by molar-refractivity contribution is 0.938. The van der Waals surface area contributed by atoms with Crippen molar-refractivity contribution in [1.29, 1.82) is 0 Å². The summed E-state index contributed by atoms with van der Waals surface area (Å²) in [5.74, 6) is 1.07. The van der Waals surface area contributed by atoms with E-state index in [1.165, 1.54) is 23.8 Å². The smallest absolute Gasteiger partial charge is 0.129 e.